The highest BCUT2D eigenvalue weighted by Crippen LogP contribution is 2.65. The summed E-state index contributed by atoms with van der Waals surface area (Å²) in [6.45, 7) is 0. The van der Waals surface area contributed by atoms with Gasteiger partial charge < -0.3 is 29.4 Å². The predicted molar refractivity (Wildman–Crippen MR) is 66.9 cm³/mol. The van der Waals surface area contributed by atoms with Gasteiger partial charge in [0.15, 0.2) is 6.35 Å². The molecule has 12 nitrogen and oxygen atoms in total. The number of nitrogens with one attached hydrogen (secondary N) is 1. The predicted octanol–water partition coefficient (Wildman–Crippen LogP) is -1.45. The molecule has 0 aromatic heterocycles. The third-order valence-corrected chi connectivity index (χ3v) is 6.13. The topological polar surface area (TPSA) is 192 Å². The molecule has 0 aliphatic carbocycles. The zero-order chi connectivity index (χ0) is 16.5. The van der Waals surface area contributed by atoms with E-state index in [1.807, 2.05) is 0 Å². The number of hydrogen-bond donors (Lipinski definition) is 6. The molecule has 122 valence electrons. The van der Waals surface area contributed by atoms with E-state index >= 15 is 0 Å². The minimum absolute atomic E-state index is 0.00304. The molecule has 0 bridgehead atoms. The summed E-state index contributed by atoms with van der Waals surface area (Å²) in [7, 11) is -10.3. The lowest BCUT2D eigenvalue weighted by molar-refractivity contribution is 0.0543. The van der Waals surface area contributed by atoms with Crippen LogP contribution >= 0.6 is 23.2 Å². The second kappa shape index (κ2) is 6.88. The Balaban J connectivity index is 2.52. The molecule has 1 heterocycles. The van der Waals surface area contributed by atoms with Crippen molar-refractivity contribution in [1.29, 1.82) is 0 Å². The maximum atomic E-state index is 11.5. The van der Waals surface area contributed by atoms with Crippen molar-refractivity contribution in [3.8, 4) is 0 Å². The molecule has 0 saturated carbocycles. The van der Waals surface area contributed by atoms with Crippen molar-refractivity contribution >= 4 is 31.1 Å². The second-order valence-corrected chi connectivity index (χ2v) is 8.80. The molecular formula is C5H13BNO11P3. The highest BCUT2D eigenvalue weighted by molar-refractivity contribution is 7.68. The molecule has 1 aliphatic rings. The van der Waals surface area contributed by atoms with E-state index in [9.17, 15) is 23.7 Å². The second-order valence-electron chi connectivity index (χ2n) is 4.04. The largest absolute Gasteiger partial charge is 0.488 e. The van der Waals surface area contributed by atoms with Gasteiger partial charge in [0, 0.05) is 6.42 Å². The van der Waals surface area contributed by atoms with Gasteiger partial charge in [-0.25, -0.2) is 13.4 Å². The molecule has 6 N–H and O–H groups in total. The molecule has 1 saturated heterocycles. The molecule has 1 rings (SSSR count). The van der Waals surface area contributed by atoms with Gasteiger partial charge in [0.25, 0.3) is 0 Å². The summed E-state index contributed by atoms with van der Waals surface area (Å²) in [6, 6.07) is 0. The minimum Gasteiger partial charge on any atom is -0.392 e. The highest BCUT2D eigenvalue weighted by Gasteiger charge is 2.40. The van der Waals surface area contributed by atoms with Crippen LogP contribution in [0.2, 0.25) is 0 Å². The Morgan fingerprint density at radius 3 is 2.14 bits per heavy atom. The number of ether oxygens (including phenoxy) is 1. The first-order valence-corrected chi connectivity index (χ1v) is 10.0. The van der Waals surface area contributed by atoms with E-state index in [1.54, 1.807) is 0 Å². The zero-order valence-electron chi connectivity index (χ0n) is 10.3. The molecule has 0 aromatic carbocycles. The quantitative estimate of drug-likeness (QED) is 0.227. The van der Waals surface area contributed by atoms with Gasteiger partial charge in [-0.05, 0) is 5.94 Å². The molecule has 2 radical (unpaired) electrons. The van der Waals surface area contributed by atoms with Crippen LogP contribution in [0.1, 0.15) is 6.42 Å². The minimum atomic E-state index is -5.47. The lowest BCUT2D eigenvalue weighted by Gasteiger charge is -2.18. The van der Waals surface area contributed by atoms with Crippen LogP contribution in [0, 0.1) is 0 Å². The van der Waals surface area contributed by atoms with E-state index in [0.29, 0.717) is 0 Å². The number of aliphatic hydroxyl groups excluding tert-OH is 1. The van der Waals surface area contributed by atoms with E-state index in [0.717, 1.165) is 0 Å². The Morgan fingerprint density at radius 1 is 1.14 bits per heavy atom. The smallest absolute Gasteiger partial charge is 0.392 e. The van der Waals surface area contributed by atoms with E-state index in [-0.39, 0.29) is 6.42 Å². The monoisotopic (exact) mass is 367 g/mol. The summed E-state index contributed by atoms with van der Waals surface area (Å²) in [6.07, 6.45) is -2.95. The van der Waals surface area contributed by atoms with Crippen molar-refractivity contribution in [3.63, 3.8) is 0 Å². The molecule has 0 amide bonds. The van der Waals surface area contributed by atoms with Gasteiger partial charge in [0.05, 0.1) is 14.0 Å². The standard InChI is InChI=1S/C5H13BNO11P3/c6-5-3(8)1-4(7-5)16-2-19(9,10)17-21(14,15)18-20(11,12)13/h3-5,7-8H,1-2H2,(H,9,10)(H,14,15)(H2,11,12,13)/t3-,4-,5-/m1/s1. The van der Waals surface area contributed by atoms with Gasteiger partial charge in [-0.3, -0.25) is 9.88 Å². The van der Waals surface area contributed by atoms with Crippen molar-refractivity contribution in [3.05, 3.63) is 0 Å². The molecular weight excluding hydrogens is 354 g/mol. The molecule has 1 fully saturated rings. The number of hydrogen-bond acceptors (Lipinski definition) is 8. The molecule has 21 heavy (non-hydrogen) atoms. The van der Waals surface area contributed by atoms with Gasteiger partial charge in [-0.15, -0.1) is 0 Å². The van der Waals surface area contributed by atoms with Gasteiger partial charge in [-0.2, -0.15) is 4.31 Å². The molecule has 1 aliphatic heterocycles. The summed E-state index contributed by atoms with van der Waals surface area (Å²) in [5.74, 6) is -0.809. The number of rotatable bonds is 7. The third kappa shape index (κ3) is 7.47. The average molecular weight is 367 g/mol. The fourth-order valence-corrected chi connectivity index (χ4v) is 4.70. The first-order valence-electron chi connectivity index (χ1n) is 5.24. The fraction of sp³-hybridized carbons (Fsp3) is 1.00. The van der Waals surface area contributed by atoms with Gasteiger partial charge in [-0.1, -0.05) is 0 Å². The highest BCUT2D eigenvalue weighted by atomic mass is 31.3. The van der Waals surface area contributed by atoms with E-state index in [2.05, 4.69) is 13.9 Å². The summed E-state index contributed by atoms with van der Waals surface area (Å²) in [5, 5.41) is 11.8. The molecule has 0 spiro atoms. The Bertz CT molecular complexity index is 498. The maximum absolute atomic E-state index is 11.5. The van der Waals surface area contributed by atoms with E-state index < -0.39 is 47.9 Å². The molecule has 5 atom stereocenters. The summed E-state index contributed by atoms with van der Waals surface area (Å²) >= 11 is 0. The molecule has 16 heteroatoms. The van der Waals surface area contributed by atoms with E-state index in [4.69, 9.17) is 27.3 Å². The van der Waals surface area contributed by atoms with Gasteiger partial charge in [0.1, 0.15) is 6.23 Å². The fourth-order valence-electron chi connectivity index (χ4n) is 1.39. The Morgan fingerprint density at radius 2 is 1.71 bits per heavy atom. The van der Waals surface area contributed by atoms with Crippen molar-refractivity contribution in [2.45, 2.75) is 24.7 Å². The van der Waals surface area contributed by atoms with Crippen LogP contribution in [0.4, 0.5) is 0 Å². The van der Waals surface area contributed by atoms with E-state index in [1.165, 1.54) is 0 Å². The first-order chi connectivity index (χ1) is 9.30. The van der Waals surface area contributed by atoms with Crippen LogP contribution < -0.4 is 5.32 Å². The zero-order valence-corrected chi connectivity index (χ0v) is 12.9. The number of aliphatic hydroxyl groups is 1. The van der Waals surface area contributed by atoms with Gasteiger partial charge >= 0.3 is 23.2 Å². The van der Waals surface area contributed by atoms with Crippen molar-refractivity contribution in [2.24, 2.45) is 0 Å². The van der Waals surface area contributed by atoms with Crippen molar-refractivity contribution in [2.75, 3.05) is 6.35 Å². The van der Waals surface area contributed by atoms with Crippen LogP contribution in [0.25, 0.3) is 0 Å². The summed E-state index contributed by atoms with van der Waals surface area (Å²) in [5.41, 5.74) is 0. The lowest BCUT2D eigenvalue weighted by atomic mass is 9.93. The van der Waals surface area contributed by atoms with Crippen molar-refractivity contribution in [1.82, 2.24) is 5.32 Å². The van der Waals surface area contributed by atoms with Crippen LogP contribution in [-0.2, 0) is 27.1 Å². The average Bonchev–Trinajstić information content (AvgIpc) is 2.50. The summed E-state index contributed by atoms with van der Waals surface area (Å²) < 4.78 is 44.9. The Hall–Kier alpha value is 0.395. The van der Waals surface area contributed by atoms with Crippen LogP contribution in [0.15, 0.2) is 0 Å². The van der Waals surface area contributed by atoms with Crippen LogP contribution in [-0.4, -0.2) is 57.1 Å². The first kappa shape index (κ1) is 19.4. The molecule has 0 aromatic rings. The Labute approximate surface area is 120 Å². The normalized spacial score (nSPS) is 32.5. The van der Waals surface area contributed by atoms with Crippen molar-refractivity contribution < 1.29 is 51.7 Å². The summed E-state index contributed by atoms with van der Waals surface area (Å²) in [4.78, 5) is 34.8. The Kier molecular flexibility index (Phi) is 6.37. The third-order valence-electron chi connectivity index (χ3n) is 2.13. The molecule has 2 unspecified atom stereocenters. The maximum Gasteiger partial charge on any atom is 0.488 e. The van der Waals surface area contributed by atoms with Gasteiger partial charge in [0.2, 0.25) is 0 Å². The lowest BCUT2D eigenvalue weighted by Crippen LogP contribution is -2.34. The van der Waals surface area contributed by atoms with Crippen LogP contribution in [0.3, 0.4) is 0 Å². The van der Waals surface area contributed by atoms with Crippen LogP contribution in [0.5, 0.6) is 0 Å². The SMILES string of the molecule is [B][C@@H]1N[C@H](OCP(=O)(O)OP(=O)(O)OP(=O)(O)O)C[C@H]1O. The number of phosphoric acid groups is 2.